The predicted molar refractivity (Wildman–Crippen MR) is 117 cm³/mol. The maximum absolute atomic E-state index is 5.65. The van der Waals surface area contributed by atoms with Crippen LogP contribution in [-0.2, 0) is 18.9 Å². The Bertz CT molecular complexity index is 571. The minimum absolute atomic E-state index is 0.300. The highest BCUT2D eigenvalue weighted by Gasteiger charge is 2.28. The van der Waals surface area contributed by atoms with Gasteiger partial charge in [0.05, 0.1) is 13.2 Å². The molecule has 0 saturated heterocycles. The predicted octanol–water partition coefficient (Wildman–Crippen LogP) is 4.82. The van der Waals surface area contributed by atoms with Crippen LogP contribution >= 0.6 is 48.8 Å². The molecule has 0 fully saturated rings. The first-order valence-corrected chi connectivity index (χ1v) is 10.8. The fourth-order valence-corrected chi connectivity index (χ4v) is 5.63. The molecule has 0 saturated carbocycles. The van der Waals surface area contributed by atoms with Crippen LogP contribution in [0.5, 0.6) is 0 Å². The lowest BCUT2D eigenvalue weighted by Crippen LogP contribution is -2.28. The summed E-state index contributed by atoms with van der Waals surface area (Å²) in [5.74, 6) is 0. The van der Waals surface area contributed by atoms with Crippen molar-refractivity contribution >= 4 is 48.8 Å². The Kier molecular flexibility index (Phi) is 11.4. The lowest BCUT2D eigenvalue weighted by atomic mass is 10.2. The zero-order valence-corrected chi connectivity index (χ0v) is 19.7. The van der Waals surface area contributed by atoms with Crippen molar-refractivity contribution in [1.82, 2.24) is 0 Å². The minimum Gasteiger partial charge on any atom is -0.385 e. The zero-order valence-electron chi connectivity index (χ0n) is 16.3. The Hall–Kier alpha value is 0.460. The third-order valence-corrected chi connectivity index (χ3v) is 7.84. The van der Waals surface area contributed by atoms with Crippen LogP contribution < -0.4 is 0 Å². The molecule has 0 aliphatic carbocycles. The Morgan fingerprint density at radius 2 is 1.81 bits per heavy atom. The first-order valence-electron chi connectivity index (χ1n) is 8.25. The third kappa shape index (κ3) is 7.13. The van der Waals surface area contributed by atoms with E-state index in [1.165, 1.54) is 0 Å². The molecule has 2 atom stereocenters. The van der Waals surface area contributed by atoms with E-state index < -0.39 is 4.93 Å². The molecule has 4 nitrogen and oxygen atoms in total. The summed E-state index contributed by atoms with van der Waals surface area (Å²) in [6.45, 7) is 5.92. The summed E-state index contributed by atoms with van der Waals surface area (Å²) in [7, 11) is 6.80. The van der Waals surface area contributed by atoms with Crippen molar-refractivity contribution < 1.29 is 18.9 Å². The second kappa shape index (κ2) is 12.1. The fourth-order valence-electron chi connectivity index (χ4n) is 2.36. The van der Waals surface area contributed by atoms with E-state index in [4.69, 9.17) is 44.2 Å². The number of hydrogen-bond acceptors (Lipinski definition) is 8. The normalized spacial score (nSPS) is 15.1. The van der Waals surface area contributed by atoms with Crippen molar-refractivity contribution in [3.8, 4) is 0 Å². The molecule has 1 rings (SSSR count). The van der Waals surface area contributed by atoms with Crippen LogP contribution in [-0.4, -0.2) is 58.4 Å². The zero-order chi connectivity index (χ0) is 19.7. The summed E-state index contributed by atoms with van der Waals surface area (Å²) in [5, 5.41) is 0.300. The second-order valence-corrected chi connectivity index (χ2v) is 9.79. The van der Waals surface area contributed by atoms with Crippen LogP contribution in [0.15, 0.2) is 25.6 Å². The van der Waals surface area contributed by atoms with Gasteiger partial charge in [0.2, 0.25) is 0 Å². The van der Waals surface area contributed by atoms with Gasteiger partial charge in [-0.05, 0) is 31.9 Å². The molecule has 0 heterocycles. The molecular weight excluding hydrogens is 408 g/mol. The number of methoxy groups -OCH3 is 4. The van der Waals surface area contributed by atoms with Crippen molar-refractivity contribution in [2.24, 2.45) is 0 Å². The highest BCUT2D eigenvalue weighted by Crippen LogP contribution is 2.44. The summed E-state index contributed by atoms with van der Waals surface area (Å²) in [6.07, 6.45) is 0.912. The standard InChI is InChI=1S/C18H30O4S4/c1-12-16(24)15(25-13(10-20-4)7-8-19-3)9-14(23)17(12)26-18(2,22-6)11-21-5/h9,13,23-24H,7-8,10-11H2,1-6H3. The minimum atomic E-state index is -0.483. The van der Waals surface area contributed by atoms with Gasteiger partial charge in [-0.15, -0.1) is 37.0 Å². The first kappa shape index (κ1) is 24.5. The Morgan fingerprint density at radius 3 is 2.35 bits per heavy atom. The summed E-state index contributed by atoms with van der Waals surface area (Å²) < 4.78 is 21.5. The molecule has 0 aliphatic rings. The molecule has 0 amide bonds. The molecule has 0 aromatic heterocycles. The number of thioether (sulfide) groups is 2. The number of benzene rings is 1. The summed E-state index contributed by atoms with van der Waals surface area (Å²) in [6, 6.07) is 2.07. The average Bonchev–Trinajstić information content (AvgIpc) is 2.61. The van der Waals surface area contributed by atoms with Gasteiger partial charge < -0.3 is 18.9 Å². The van der Waals surface area contributed by atoms with Crippen LogP contribution in [0.3, 0.4) is 0 Å². The van der Waals surface area contributed by atoms with Crippen molar-refractivity contribution in [3.63, 3.8) is 0 Å². The monoisotopic (exact) mass is 438 g/mol. The van der Waals surface area contributed by atoms with E-state index in [0.29, 0.717) is 25.1 Å². The van der Waals surface area contributed by atoms with Gasteiger partial charge in [-0.2, -0.15) is 0 Å². The van der Waals surface area contributed by atoms with E-state index in [9.17, 15) is 0 Å². The van der Waals surface area contributed by atoms with Crippen LogP contribution in [0.2, 0.25) is 0 Å². The lowest BCUT2D eigenvalue weighted by molar-refractivity contribution is 0.0151. The molecular formula is C18H30O4S4. The second-order valence-electron chi connectivity index (χ2n) is 6.05. The SMILES string of the molecule is COCCC(COC)Sc1cc(S)c(SC(C)(COC)OC)c(C)c1S. The van der Waals surface area contributed by atoms with E-state index in [1.807, 2.05) is 6.92 Å². The lowest BCUT2D eigenvalue weighted by Gasteiger charge is -2.28. The largest absolute Gasteiger partial charge is 0.385 e. The molecule has 1 aromatic carbocycles. The van der Waals surface area contributed by atoms with E-state index in [1.54, 1.807) is 52.0 Å². The Labute approximate surface area is 177 Å². The van der Waals surface area contributed by atoms with Crippen LogP contribution in [0.25, 0.3) is 0 Å². The van der Waals surface area contributed by atoms with Crippen molar-refractivity contribution in [2.75, 3.05) is 48.3 Å². The van der Waals surface area contributed by atoms with E-state index in [0.717, 1.165) is 31.6 Å². The van der Waals surface area contributed by atoms with Crippen LogP contribution in [0.1, 0.15) is 18.9 Å². The van der Waals surface area contributed by atoms with E-state index in [-0.39, 0.29) is 0 Å². The third-order valence-electron chi connectivity index (χ3n) is 3.88. The molecule has 2 unspecified atom stereocenters. The number of rotatable bonds is 12. The molecule has 0 bridgehead atoms. The molecule has 1 aromatic rings. The van der Waals surface area contributed by atoms with Crippen molar-refractivity contribution in [1.29, 1.82) is 0 Å². The fraction of sp³-hybridized carbons (Fsp3) is 0.667. The van der Waals surface area contributed by atoms with Crippen LogP contribution in [0.4, 0.5) is 0 Å². The van der Waals surface area contributed by atoms with Gasteiger partial charge in [0.1, 0.15) is 4.93 Å². The topological polar surface area (TPSA) is 36.9 Å². The van der Waals surface area contributed by atoms with Gasteiger partial charge >= 0.3 is 0 Å². The van der Waals surface area contributed by atoms with Gasteiger partial charge in [-0.3, -0.25) is 0 Å². The summed E-state index contributed by atoms with van der Waals surface area (Å²) in [5.41, 5.74) is 1.09. The molecule has 0 aliphatic heterocycles. The average molecular weight is 439 g/mol. The first-order chi connectivity index (χ1) is 12.3. The Morgan fingerprint density at radius 1 is 1.12 bits per heavy atom. The molecule has 150 valence electrons. The van der Waals surface area contributed by atoms with Gasteiger partial charge in [0.25, 0.3) is 0 Å². The summed E-state index contributed by atoms with van der Waals surface area (Å²) in [4.78, 5) is 3.55. The van der Waals surface area contributed by atoms with Crippen molar-refractivity contribution in [3.05, 3.63) is 11.6 Å². The molecule has 0 radical (unpaired) electrons. The molecule has 0 spiro atoms. The van der Waals surface area contributed by atoms with Crippen LogP contribution in [0, 0.1) is 6.92 Å². The molecule has 8 heteroatoms. The van der Waals surface area contributed by atoms with Crippen molar-refractivity contribution in [2.45, 2.75) is 50.0 Å². The van der Waals surface area contributed by atoms with E-state index in [2.05, 4.69) is 13.0 Å². The summed E-state index contributed by atoms with van der Waals surface area (Å²) >= 11 is 12.9. The molecule has 0 N–H and O–H groups in total. The van der Waals surface area contributed by atoms with Gasteiger partial charge in [-0.1, -0.05) is 11.8 Å². The maximum Gasteiger partial charge on any atom is 0.138 e. The number of ether oxygens (including phenoxy) is 4. The number of hydrogen-bond donors (Lipinski definition) is 2. The highest BCUT2D eigenvalue weighted by molar-refractivity contribution is 8.01. The molecule has 26 heavy (non-hydrogen) atoms. The van der Waals surface area contributed by atoms with Gasteiger partial charge in [-0.25, -0.2) is 0 Å². The highest BCUT2D eigenvalue weighted by atomic mass is 32.2. The quantitative estimate of drug-likeness (QED) is 0.277. The smallest absolute Gasteiger partial charge is 0.138 e. The number of thiol groups is 2. The van der Waals surface area contributed by atoms with E-state index >= 15 is 0 Å². The Balaban J connectivity index is 3.09. The van der Waals surface area contributed by atoms with Gasteiger partial charge in [0, 0.05) is 59.9 Å². The van der Waals surface area contributed by atoms with Gasteiger partial charge in [0.15, 0.2) is 0 Å². The maximum atomic E-state index is 5.65.